The predicted molar refractivity (Wildman–Crippen MR) is 76.0 cm³/mol. The van der Waals surface area contributed by atoms with Crippen molar-refractivity contribution in [2.24, 2.45) is 5.92 Å². The first-order chi connectivity index (χ1) is 10.4. The SMILES string of the molecule is O=C(CCC(F)(F)F)N1CCC(Cc2ccc(CO)cc2)C1. The summed E-state index contributed by atoms with van der Waals surface area (Å²) in [6.07, 6.45) is -4.16. The van der Waals surface area contributed by atoms with Crippen LogP contribution < -0.4 is 0 Å². The van der Waals surface area contributed by atoms with E-state index in [2.05, 4.69) is 0 Å². The van der Waals surface area contributed by atoms with Crippen LogP contribution in [0.4, 0.5) is 13.2 Å². The van der Waals surface area contributed by atoms with Crippen LogP contribution in [-0.4, -0.2) is 35.2 Å². The van der Waals surface area contributed by atoms with Gasteiger partial charge in [-0.05, 0) is 29.9 Å². The molecule has 0 bridgehead atoms. The van der Waals surface area contributed by atoms with Crippen molar-refractivity contribution in [2.45, 2.75) is 38.5 Å². The zero-order chi connectivity index (χ0) is 16.2. The first-order valence-corrected chi connectivity index (χ1v) is 7.40. The molecule has 0 aromatic heterocycles. The van der Waals surface area contributed by atoms with Gasteiger partial charge in [0, 0.05) is 19.5 Å². The number of benzene rings is 1. The average Bonchev–Trinajstić information content (AvgIpc) is 2.93. The molecule has 0 radical (unpaired) electrons. The fraction of sp³-hybridized carbons (Fsp3) is 0.562. The molecule has 0 saturated carbocycles. The fourth-order valence-electron chi connectivity index (χ4n) is 2.75. The summed E-state index contributed by atoms with van der Waals surface area (Å²) in [5.74, 6) is -0.120. The van der Waals surface area contributed by atoms with Crippen molar-refractivity contribution in [2.75, 3.05) is 13.1 Å². The number of rotatable bonds is 5. The molecule has 6 heteroatoms. The number of amides is 1. The second-order valence-electron chi connectivity index (χ2n) is 5.79. The van der Waals surface area contributed by atoms with Gasteiger partial charge in [0.1, 0.15) is 0 Å². The monoisotopic (exact) mass is 315 g/mol. The number of likely N-dealkylation sites (tertiary alicyclic amines) is 1. The zero-order valence-electron chi connectivity index (χ0n) is 12.3. The quantitative estimate of drug-likeness (QED) is 0.907. The van der Waals surface area contributed by atoms with E-state index in [1.54, 1.807) is 4.90 Å². The molecule has 1 aliphatic rings. The first-order valence-electron chi connectivity index (χ1n) is 7.40. The highest BCUT2D eigenvalue weighted by Crippen LogP contribution is 2.25. The Bertz CT molecular complexity index is 499. The van der Waals surface area contributed by atoms with Gasteiger partial charge in [0.15, 0.2) is 0 Å². The van der Waals surface area contributed by atoms with E-state index in [0.717, 1.165) is 24.0 Å². The van der Waals surface area contributed by atoms with E-state index in [-0.39, 0.29) is 12.5 Å². The molecule has 3 nitrogen and oxygen atoms in total. The van der Waals surface area contributed by atoms with Crippen LogP contribution in [0, 0.1) is 5.92 Å². The Morgan fingerprint density at radius 3 is 2.45 bits per heavy atom. The number of nitrogens with zero attached hydrogens (tertiary/aromatic N) is 1. The molecule has 1 fully saturated rings. The summed E-state index contributed by atoms with van der Waals surface area (Å²) in [7, 11) is 0. The number of hydrogen-bond acceptors (Lipinski definition) is 2. The van der Waals surface area contributed by atoms with Gasteiger partial charge < -0.3 is 10.0 Å². The van der Waals surface area contributed by atoms with Gasteiger partial charge in [-0.3, -0.25) is 4.79 Å². The van der Waals surface area contributed by atoms with Crippen LogP contribution in [0.1, 0.15) is 30.4 Å². The van der Waals surface area contributed by atoms with E-state index in [9.17, 15) is 18.0 Å². The number of alkyl halides is 3. The zero-order valence-corrected chi connectivity index (χ0v) is 12.3. The lowest BCUT2D eigenvalue weighted by molar-refractivity contribution is -0.148. The normalized spacial score (nSPS) is 18.7. The lowest BCUT2D eigenvalue weighted by atomic mass is 9.98. The van der Waals surface area contributed by atoms with Crippen LogP contribution in [0.25, 0.3) is 0 Å². The Kier molecular flexibility index (Phi) is 5.45. The third-order valence-corrected chi connectivity index (χ3v) is 3.99. The smallest absolute Gasteiger partial charge is 0.389 e. The number of halogens is 3. The number of carbonyl (C=O) groups is 1. The molecular weight excluding hydrogens is 295 g/mol. The summed E-state index contributed by atoms with van der Waals surface area (Å²) in [5.41, 5.74) is 1.96. The topological polar surface area (TPSA) is 40.5 Å². The van der Waals surface area contributed by atoms with Crippen molar-refractivity contribution in [1.82, 2.24) is 4.90 Å². The van der Waals surface area contributed by atoms with Crippen molar-refractivity contribution in [3.8, 4) is 0 Å². The summed E-state index contributed by atoms with van der Waals surface area (Å²) in [6, 6.07) is 7.60. The number of aliphatic hydroxyl groups excluding tert-OH is 1. The third kappa shape index (κ3) is 5.02. The highest BCUT2D eigenvalue weighted by Gasteiger charge is 2.31. The number of aliphatic hydroxyl groups is 1. The molecule has 22 heavy (non-hydrogen) atoms. The summed E-state index contributed by atoms with van der Waals surface area (Å²) in [6.45, 7) is 1.07. The molecule has 1 aromatic carbocycles. The van der Waals surface area contributed by atoms with Gasteiger partial charge in [-0.1, -0.05) is 24.3 Å². The number of carbonyl (C=O) groups excluding carboxylic acids is 1. The molecule has 1 aliphatic heterocycles. The Morgan fingerprint density at radius 2 is 1.86 bits per heavy atom. The lowest BCUT2D eigenvalue weighted by Gasteiger charge is -2.17. The molecule has 1 unspecified atom stereocenters. The minimum Gasteiger partial charge on any atom is -0.392 e. The first kappa shape index (κ1) is 16.8. The molecule has 1 N–H and O–H groups in total. The Balaban J connectivity index is 1.80. The molecule has 2 rings (SSSR count). The molecule has 122 valence electrons. The standard InChI is InChI=1S/C16H20F3NO2/c17-16(18,19)7-5-15(22)20-8-6-14(10-20)9-12-1-3-13(11-21)4-2-12/h1-4,14,21H,5-11H2. The molecule has 1 saturated heterocycles. The maximum absolute atomic E-state index is 12.1. The number of hydrogen-bond donors (Lipinski definition) is 1. The third-order valence-electron chi connectivity index (χ3n) is 3.99. The van der Waals surface area contributed by atoms with E-state index in [4.69, 9.17) is 5.11 Å². The van der Waals surface area contributed by atoms with Crippen LogP contribution in [0.2, 0.25) is 0 Å². The van der Waals surface area contributed by atoms with Crippen LogP contribution in [-0.2, 0) is 17.8 Å². The largest absolute Gasteiger partial charge is 0.392 e. The minimum absolute atomic E-state index is 0.00515. The Morgan fingerprint density at radius 1 is 1.23 bits per heavy atom. The van der Waals surface area contributed by atoms with Crippen molar-refractivity contribution in [1.29, 1.82) is 0 Å². The average molecular weight is 315 g/mol. The van der Waals surface area contributed by atoms with Gasteiger partial charge >= 0.3 is 6.18 Å². The summed E-state index contributed by atoms with van der Waals surface area (Å²) < 4.78 is 36.4. The lowest BCUT2D eigenvalue weighted by Crippen LogP contribution is -2.29. The van der Waals surface area contributed by atoms with Crippen LogP contribution in [0.5, 0.6) is 0 Å². The van der Waals surface area contributed by atoms with Gasteiger partial charge in [-0.2, -0.15) is 13.2 Å². The van der Waals surface area contributed by atoms with Gasteiger partial charge in [-0.15, -0.1) is 0 Å². The van der Waals surface area contributed by atoms with Gasteiger partial charge in [-0.25, -0.2) is 0 Å². The maximum atomic E-state index is 12.1. The Labute approximate surface area is 127 Å². The van der Waals surface area contributed by atoms with Gasteiger partial charge in [0.05, 0.1) is 13.0 Å². The Hall–Kier alpha value is -1.56. The maximum Gasteiger partial charge on any atom is 0.389 e. The molecule has 1 atom stereocenters. The van der Waals surface area contributed by atoms with Crippen LogP contribution >= 0.6 is 0 Å². The highest BCUT2D eigenvalue weighted by atomic mass is 19.4. The molecule has 1 aromatic rings. The summed E-state index contributed by atoms with van der Waals surface area (Å²) in [4.78, 5) is 13.3. The van der Waals surface area contributed by atoms with E-state index in [1.165, 1.54) is 0 Å². The van der Waals surface area contributed by atoms with Gasteiger partial charge in [0.25, 0.3) is 0 Å². The molecule has 0 spiro atoms. The molecule has 1 amide bonds. The minimum atomic E-state index is -4.27. The molecule has 0 aliphatic carbocycles. The fourth-order valence-corrected chi connectivity index (χ4v) is 2.75. The van der Waals surface area contributed by atoms with E-state index in [1.807, 2.05) is 24.3 Å². The van der Waals surface area contributed by atoms with Crippen LogP contribution in [0.3, 0.4) is 0 Å². The summed E-state index contributed by atoms with van der Waals surface area (Å²) >= 11 is 0. The predicted octanol–water partition coefficient (Wildman–Crippen LogP) is 2.91. The molecule has 1 heterocycles. The van der Waals surface area contributed by atoms with Gasteiger partial charge in [0.2, 0.25) is 5.91 Å². The summed E-state index contributed by atoms with van der Waals surface area (Å²) in [5, 5.41) is 8.99. The second-order valence-corrected chi connectivity index (χ2v) is 5.79. The van der Waals surface area contributed by atoms with E-state index in [0.29, 0.717) is 13.1 Å². The van der Waals surface area contributed by atoms with Crippen molar-refractivity contribution >= 4 is 5.91 Å². The van der Waals surface area contributed by atoms with Crippen LogP contribution in [0.15, 0.2) is 24.3 Å². The molecular formula is C16H20F3NO2. The van der Waals surface area contributed by atoms with Crippen molar-refractivity contribution in [3.63, 3.8) is 0 Å². The highest BCUT2D eigenvalue weighted by molar-refractivity contribution is 5.76. The van der Waals surface area contributed by atoms with E-state index < -0.39 is 24.9 Å². The van der Waals surface area contributed by atoms with Crippen molar-refractivity contribution in [3.05, 3.63) is 35.4 Å². The second kappa shape index (κ2) is 7.13. The van der Waals surface area contributed by atoms with Crippen molar-refractivity contribution < 1.29 is 23.1 Å². The van der Waals surface area contributed by atoms with E-state index >= 15 is 0 Å².